The number of aryl methyl sites for hydroxylation is 1. The Morgan fingerprint density at radius 3 is 2.87 bits per heavy atom. The molecule has 1 heterocycles. The Labute approximate surface area is 136 Å². The number of amides is 1. The molecule has 8 heteroatoms. The molecule has 1 aromatic heterocycles. The molecule has 0 bridgehead atoms. The summed E-state index contributed by atoms with van der Waals surface area (Å²) in [4.78, 5) is 15.8. The number of carbonyl (C=O) groups is 1. The van der Waals surface area contributed by atoms with Gasteiger partial charge in [-0.3, -0.25) is 9.67 Å². The summed E-state index contributed by atoms with van der Waals surface area (Å²) in [6, 6.07) is 2.01. The van der Waals surface area contributed by atoms with Crippen molar-refractivity contribution >= 4 is 12.1 Å². The number of aromatic nitrogens is 2. The summed E-state index contributed by atoms with van der Waals surface area (Å²) in [5.74, 6) is 1.21. The van der Waals surface area contributed by atoms with E-state index in [0.717, 1.165) is 18.5 Å². The van der Waals surface area contributed by atoms with Crippen LogP contribution in [0.4, 0.5) is 4.79 Å². The number of carbonyl (C=O) groups excluding carboxylic acids is 1. The molecule has 0 spiro atoms. The van der Waals surface area contributed by atoms with Crippen LogP contribution < -0.4 is 16.0 Å². The maximum atomic E-state index is 11.6. The number of rotatable bonds is 7. The third-order valence-corrected chi connectivity index (χ3v) is 3.84. The van der Waals surface area contributed by atoms with Crippen molar-refractivity contribution in [2.24, 2.45) is 18.0 Å². The average Bonchev–Trinajstić information content (AvgIpc) is 3.30. The van der Waals surface area contributed by atoms with E-state index < -0.39 is 0 Å². The molecule has 0 aliphatic heterocycles. The van der Waals surface area contributed by atoms with Gasteiger partial charge in [-0.15, -0.1) is 0 Å². The second-order valence-corrected chi connectivity index (χ2v) is 5.56. The molecule has 1 aliphatic carbocycles. The molecule has 23 heavy (non-hydrogen) atoms. The lowest BCUT2D eigenvalue weighted by molar-refractivity contribution is 0.146. The van der Waals surface area contributed by atoms with E-state index in [2.05, 4.69) is 26.0 Å². The van der Waals surface area contributed by atoms with E-state index in [-0.39, 0.29) is 12.1 Å². The fourth-order valence-corrected chi connectivity index (χ4v) is 2.33. The largest absolute Gasteiger partial charge is 0.450 e. The fraction of sp³-hybridized carbons (Fsp3) is 0.667. The average molecular weight is 322 g/mol. The summed E-state index contributed by atoms with van der Waals surface area (Å²) in [5.41, 5.74) is 1.07. The summed E-state index contributed by atoms with van der Waals surface area (Å²) in [6.45, 7) is 3.43. The number of nitrogens with one attached hydrogen (secondary N) is 3. The van der Waals surface area contributed by atoms with Crippen molar-refractivity contribution in [1.82, 2.24) is 25.7 Å². The predicted molar refractivity (Wildman–Crippen MR) is 88.1 cm³/mol. The van der Waals surface area contributed by atoms with Crippen molar-refractivity contribution in [3.8, 4) is 0 Å². The molecule has 1 aliphatic rings. The van der Waals surface area contributed by atoms with Crippen LogP contribution in [0, 0.1) is 5.92 Å². The van der Waals surface area contributed by atoms with Gasteiger partial charge in [-0.1, -0.05) is 0 Å². The first kappa shape index (κ1) is 17.1. The van der Waals surface area contributed by atoms with Crippen LogP contribution in [0.1, 0.15) is 25.5 Å². The molecule has 128 valence electrons. The van der Waals surface area contributed by atoms with Gasteiger partial charge < -0.3 is 20.7 Å². The highest BCUT2D eigenvalue weighted by Gasteiger charge is 2.32. The molecule has 0 radical (unpaired) electrons. The zero-order valence-corrected chi connectivity index (χ0v) is 14.0. The first-order valence-corrected chi connectivity index (χ1v) is 7.98. The van der Waals surface area contributed by atoms with Gasteiger partial charge in [-0.05, 0) is 31.7 Å². The topological polar surface area (TPSA) is 92.6 Å². The van der Waals surface area contributed by atoms with Gasteiger partial charge in [-0.2, -0.15) is 5.10 Å². The summed E-state index contributed by atoms with van der Waals surface area (Å²) in [6.07, 6.45) is 3.68. The van der Waals surface area contributed by atoms with E-state index in [1.54, 1.807) is 20.2 Å². The molecule has 1 aromatic rings. The standard InChI is InChI=1S/C15H26N6O2/c1-4-23-15(22)20-13(11-5-6-11)10-18-14(16-2)17-9-12-7-8-19-21(12)3/h7-8,11,13H,4-6,9-10H2,1-3H3,(H,20,22)(H2,16,17,18). The number of aliphatic imine (C=N–C) groups is 1. The first-order valence-electron chi connectivity index (χ1n) is 7.98. The molecule has 1 amide bonds. The van der Waals surface area contributed by atoms with Gasteiger partial charge in [0.1, 0.15) is 0 Å². The van der Waals surface area contributed by atoms with Crippen LogP contribution in [0.15, 0.2) is 17.3 Å². The number of guanidine groups is 1. The minimum Gasteiger partial charge on any atom is -0.450 e. The van der Waals surface area contributed by atoms with E-state index in [1.165, 1.54) is 0 Å². The summed E-state index contributed by atoms with van der Waals surface area (Å²) < 4.78 is 6.77. The molecule has 2 rings (SSSR count). The molecule has 0 saturated heterocycles. The molecular formula is C15H26N6O2. The van der Waals surface area contributed by atoms with Crippen molar-refractivity contribution in [2.75, 3.05) is 20.2 Å². The second kappa shape index (κ2) is 8.40. The maximum Gasteiger partial charge on any atom is 0.407 e. The van der Waals surface area contributed by atoms with E-state index in [1.807, 2.05) is 17.8 Å². The lowest BCUT2D eigenvalue weighted by Gasteiger charge is -2.20. The number of hydrogen-bond acceptors (Lipinski definition) is 4. The van der Waals surface area contributed by atoms with Crippen molar-refractivity contribution in [2.45, 2.75) is 32.4 Å². The zero-order chi connectivity index (χ0) is 16.7. The van der Waals surface area contributed by atoms with Crippen LogP contribution in [0.2, 0.25) is 0 Å². The Balaban J connectivity index is 1.78. The van der Waals surface area contributed by atoms with E-state index >= 15 is 0 Å². The Morgan fingerprint density at radius 2 is 2.30 bits per heavy atom. The van der Waals surface area contributed by atoms with Gasteiger partial charge >= 0.3 is 6.09 Å². The highest BCUT2D eigenvalue weighted by atomic mass is 16.5. The number of ether oxygens (including phenoxy) is 1. The summed E-state index contributed by atoms with van der Waals surface area (Å²) in [7, 11) is 3.63. The van der Waals surface area contributed by atoms with E-state index in [0.29, 0.717) is 31.6 Å². The van der Waals surface area contributed by atoms with Crippen molar-refractivity contribution in [1.29, 1.82) is 0 Å². The van der Waals surface area contributed by atoms with E-state index in [4.69, 9.17) is 4.74 Å². The molecule has 0 aromatic carbocycles. The van der Waals surface area contributed by atoms with Crippen LogP contribution >= 0.6 is 0 Å². The van der Waals surface area contributed by atoms with E-state index in [9.17, 15) is 4.79 Å². The quantitative estimate of drug-likeness (QED) is 0.505. The van der Waals surface area contributed by atoms with Crippen LogP contribution in [0.25, 0.3) is 0 Å². The van der Waals surface area contributed by atoms with Crippen LogP contribution in [-0.4, -0.2) is 48.1 Å². The predicted octanol–water partition coefficient (Wildman–Crippen LogP) is 0.610. The Bertz CT molecular complexity index is 538. The monoisotopic (exact) mass is 322 g/mol. The molecule has 8 nitrogen and oxygen atoms in total. The molecule has 3 N–H and O–H groups in total. The fourth-order valence-electron chi connectivity index (χ4n) is 2.33. The maximum absolute atomic E-state index is 11.6. The third kappa shape index (κ3) is 5.46. The highest BCUT2D eigenvalue weighted by molar-refractivity contribution is 5.79. The molecular weight excluding hydrogens is 296 g/mol. The Morgan fingerprint density at radius 1 is 1.52 bits per heavy atom. The second-order valence-electron chi connectivity index (χ2n) is 5.56. The molecule has 1 fully saturated rings. The van der Waals surface area contributed by atoms with Crippen molar-refractivity contribution < 1.29 is 9.53 Å². The van der Waals surface area contributed by atoms with Crippen molar-refractivity contribution in [3.63, 3.8) is 0 Å². The van der Waals surface area contributed by atoms with Gasteiger partial charge in [-0.25, -0.2) is 4.79 Å². The Hall–Kier alpha value is -2.25. The van der Waals surface area contributed by atoms with Gasteiger partial charge in [0.05, 0.1) is 24.9 Å². The van der Waals surface area contributed by atoms with Crippen LogP contribution in [0.5, 0.6) is 0 Å². The lowest BCUT2D eigenvalue weighted by Crippen LogP contribution is -2.48. The Kier molecular flexibility index (Phi) is 6.25. The SMILES string of the molecule is CCOC(=O)NC(CNC(=NC)NCc1ccnn1C)C1CC1. The van der Waals surface area contributed by atoms with Gasteiger partial charge in [0.15, 0.2) is 5.96 Å². The first-order chi connectivity index (χ1) is 11.1. The number of hydrogen-bond donors (Lipinski definition) is 3. The van der Waals surface area contributed by atoms with Crippen LogP contribution in [-0.2, 0) is 18.3 Å². The summed E-state index contributed by atoms with van der Waals surface area (Å²) >= 11 is 0. The van der Waals surface area contributed by atoms with Gasteiger partial charge in [0.2, 0.25) is 0 Å². The highest BCUT2D eigenvalue weighted by Crippen LogP contribution is 2.32. The molecule has 1 unspecified atom stereocenters. The smallest absolute Gasteiger partial charge is 0.407 e. The molecule has 1 saturated carbocycles. The lowest BCUT2D eigenvalue weighted by atomic mass is 10.2. The minimum absolute atomic E-state index is 0.0595. The number of alkyl carbamates (subject to hydrolysis) is 1. The van der Waals surface area contributed by atoms with Gasteiger partial charge in [0.25, 0.3) is 0 Å². The number of nitrogens with zero attached hydrogens (tertiary/aromatic N) is 3. The molecule has 1 atom stereocenters. The minimum atomic E-state index is -0.357. The van der Waals surface area contributed by atoms with Gasteiger partial charge in [0, 0.05) is 26.8 Å². The zero-order valence-electron chi connectivity index (χ0n) is 14.0. The third-order valence-electron chi connectivity index (χ3n) is 3.84. The normalized spacial score (nSPS) is 15.9. The van der Waals surface area contributed by atoms with Crippen LogP contribution in [0.3, 0.4) is 0 Å². The summed E-state index contributed by atoms with van der Waals surface area (Å²) in [5, 5.41) is 13.5. The van der Waals surface area contributed by atoms with Crippen molar-refractivity contribution in [3.05, 3.63) is 18.0 Å².